The summed E-state index contributed by atoms with van der Waals surface area (Å²) >= 11 is 0. The number of hydrogen-bond acceptors (Lipinski definition) is 7. The SMILES string of the molecule is CC/C=C\C/C=C\C/C=C\C/C=C\C/C=C\CCCC(=O)NCCOP(=O)(O)OCC(O)COC(=O)CCCCC/C=C\C/C=C\C/C=C\CC. The maximum absolute atomic E-state index is 12.0. The van der Waals surface area contributed by atoms with Crippen molar-refractivity contribution in [2.45, 2.75) is 123 Å². The quantitative estimate of drug-likeness (QED) is 0.0263. The fraction of sp³-hybridized carbons (Fsp3) is 0.561. The molecule has 0 fully saturated rings. The summed E-state index contributed by atoms with van der Waals surface area (Å²) in [5.41, 5.74) is 0. The van der Waals surface area contributed by atoms with Crippen LogP contribution >= 0.6 is 7.82 Å². The number of nitrogens with one attached hydrogen (secondary N) is 1. The van der Waals surface area contributed by atoms with E-state index in [0.717, 1.165) is 77.0 Å². The predicted octanol–water partition coefficient (Wildman–Crippen LogP) is 9.87. The molecule has 0 rings (SSSR count). The van der Waals surface area contributed by atoms with Crippen molar-refractivity contribution in [1.82, 2.24) is 5.32 Å². The smallest absolute Gasteiger partial charge is 0.463 e. The Morgan fingerprint density at radius 1 is 0.608 bits per heavy atom. The Balaban J connectivity index is 3.78. The topological polar surface area (TPSA) is 131 Å². The first-order valence-corrected chi connectivity index (χ1v) is 20.2. The number of esters is 1. The van der Waals surface area contributed by atoms with Gasteiger partial charge in [0.25, 0.3) is 0 Å². The number of aliphatic hydroxyl groups excluding tert-OH is 1. The van der Waals surface area contributed by atoms with Gasteiger partial charge in [-0.3, -0.25) is 18.6 Å². The number of carbonyl (C=O) groups excluding carboxylic acids is 2. The highest BCUT2D eigenvalue weighted by Crippen LogP contribution is 2.42. The van der Waals surface area contributed by atoms with Gasteiger partial charge in [0.1, 0.15) is 12.7 Å². The molecule has 10 heteroatoms. The number of allylic oxidation sites excluding steroid dienone is 16. The summed E-state index contributed by atoms with van der Waals surface area (Å²) in [7, 11) is -4.44. The van der Waals surface area contributed by atoms with Crippen molar-refractivity contribution in [3.8, 4) is 0 Å². The molecule has 1 amide bonds. The molecule has 0 aromatic heterocycles. The normalized spacial score (nSPS) is 14.5. The number of carbonyl (C=O) groups is 2. The molecule has 0 aromatic carbocycles. The van der Waals surface area contributed by atoms with Crippen molar-refractivity contribution in [1.29, 1.82) is 0 Å². The number of aliphatic hydroxyl groups is 1. The third-order valence-corrected chi connectivity index (χ3v) is 7.99. The summed E-state index contributed by atoms with van der Waals surface area (Å²) in [6.45, 7) is 3.17. The average Bonchev–Trinajstić information content (AvgIpc) is 3.11. The summed E-state index contributed by atoms with van der Waals surface area (Å²) in [6.07, 6.45) is 46.3. The third-order valence-electron chi connectivity index (χ3n) is 7.01. The molecular formula is C41H66NO8P. The van der Waals surface area contributed by atoms with Crippen molar-refractivity contribution in [3.05, 3.63) is 97.2 Å². The number of hydrogen-bond donors (Lipinski definition) is 3. The molecule has 288 valence electrons. The molecule has 3 N–H and O–H groups in total. The fourth-order valence-electron chi connectivity index (χ4n) is 4.25. The minimum absolute atomic E-state index is 0.0411. The highest BCUT2D eigenvalue weighted by atomic mass is 31.2. The van der Waals surface area contributed by atoms with Crippen molar-refractivity contribution in [2.24, 2.45) is 0 Å². The Morgan fingerprint density at radius 3 is 1.59 bits per heavy atom. The van der Waals surface area contributed by atoms with E-state index in [9.17, 15) is 24.2 Å². The van der Waals surface area contributed by atoms with Gasteiger partial charge in [-0.05, 0) is 83.5 Å². The van der Waals surface area contributed by atoms with E-state index in [4.69, 9.17) is 13.8 Å². The molecule has 0 aliphatic heterocycles. The van der Waals surface area contributed by atoms with Crippen molar-refractivity contribution in [2.75, 3.05) is 26.4 Å². The summed E-state index contributed by atoms with van der Waals surface area (Å²) < 4.78 is 26.7. The summed E-state index contributed by atoms with van der Waals surface area (Å²) in [5.74, 6) is -0.618. The molecule has 0 radical (unpaired) electrons. The molecule has 0 bridgehead atoms. The van der Waals surface area contributed by atoms with Crippen LogP contribution in [0.5, 0.6) is 0 Å². The Hall–Kier alpha value is -3.07. The fourth-order valence-corrected chi connectivity index (χ4v) is 5.01. The summed E-state index contributed by atoms with van der Waals surface area (Å²) in [5, 5.41) is 12.6. The van der Waals surface area contributed by atoms with E-state index in [1.807, 2.05) is 0 Å². The first-order valence-electron chi connectivity index (χ1n) is 18.7. The Labute approximate surface area is 308 Å². The minimum atomic E-state index is -4.44. The molecule has 0 aliphatic carbocycles. The van der Waals surface area contributed by atoms with Gasteiger partial charge in [-0.15, -0.1) is 0 Å². The Morgan fingerprint density at radius 2 is 1.08 bits per heavy atom. The lowest BCUT2D eigenvalue weighted by molar-refractivity contribution is -0.147. The number of unbranched alkanes of at least 4 members (excludes halogenated alkanes) is 4. The molecule has 0 saturated heterocycles. The molecule has 0 heterocycles. The van der Waals surface area contributed by atoms with Crippen LogP contribution in [0.2, 0.25) is 0 Å². The van der Waals surface area contributed by atoms with Crippen LogP contribution in [0.4, 0.5) is 0 Å². The van der Waals surface area contributed by atoms with Crippen LogP contribution < -0.4 is 5.32 Å². The van der Waals surface area contributed by atoms with Crippen LogP contribution in [-0.2, 0) is 27.9 Å². The second-order valence-corrected chi connectivity index (χ2v) is 13.2. The van der Waals surface area contributed by atoms with Gasteiger partial charge >= 0.3 is 13.8 Å². The van der Waals surface area contributed by atoms with Gasteiger partial charge < -0.3 is 20.1 Å². The zero-order valence-corrected chi connectivity index (χ0v) is 32.1. The highest BCUT2D eigenvalue weighted by Gasteiger charge is 2.23. The van der Waals surface area contributed by atoms with Crippen molar-refractivity contribution >= 4 is 19.7 Å². The van der Waals surface area contributed by atoms with Gasteiger partial charge in [0.15, 0.2) is 0 Å². The lowest BCUT2D eigenvalue weighted by atomic mass is 10.1. The maximum atomic E-state index is 12.0. The first-order chi connectivity index (χ1) is 24.8. The zero-order valence-electron chi connectivity index (χ0n) is 31.2. The first kappa shape index (κ1) is 47.9. The van der Waals surface area contributed by atoms with Crippen molar-refractivity contribution < 1.29 is 37.9 Å². The highest BCUT2D eigenvalue weighted by molar-refractivity contribution is 7.47. The van der Waals surface area contributed by atoms with Gasteiger partial charge in [0, 0.05) is 19.4 Å². The molecule has 0 saturated carbocycles. The lowest BCUT2D eigenvalue weighted by Gasteiger charge is -2.15. The largest absolute Gasteiger partial charge is 0.472 e. The monoisotopic (exact) mass is 731 g/mol. The van der Waals surface area contributed by atoms with E-state index in [1.54, 1.807) is 0 Å². The number of phosphoric acid groups is 1. The maximum Gasteiger partial charge on any atom is 0.472 e. The van der Waals surface area contributed by atoms with Gasteiger partial charge in [0.2, 0.25) is 5.91 Å². The van der Waals surface area contributed by atoms with E-state index in [-0.39, 0.29) is 32.1 Å². The molecule has 51 heavy (non-hydrogen) atoms. The van der Waals surface area contributed by atoms with E-state index < -0.39 is 26.5 Å². The molecule has 2 atom stereocenters. The zero-order chi connectivity index (χ0) is 37.5. The second kappa shape index (κ2) is 36.7. The van der Waals surface area contributed by atoms with E-state index in [1.165, 1.54) is 0 Å². The number of phosphoric ester groups is 1. The predicted molar refractivity (Wildman–Crippen MR) is 210 cm³/mol. The lowest BCUT2D eigenvalue weighted by Crippen LogP contribution is -2.27. The van der Waals surface area contributed by atoms with Gasteiger partial charge in [-0.1, -0.05) is 117 Å². The summed E-state index contributed by atoms with van der Waals surface area (Å²) in [6, 6.07) is 0. The van der Waals surface area contributed by atoms with Crippen LogP contribution in [0.1, 0.15) is 117 Å². The Bertz CT molecular complexity index is 1150. The molecule has 2 unspecified atom stereocenters. The van der Waals surface area contributed by atoms with E-state index >= 15 is 0 Å². The second-order valence-electron chi connectivity index (χ2n) is 11.8. The molecule has 0 aliphatic rings. The van der Waals surface area contributed by atoms with Crippen LogP contribution in [0.25, 0.3) is 0 Å². The van der Waals surface area contributed by atoms with Crippen LogP contribution in [0.15, 0.2) is 97.2 Å². The van der Waals surface area contributed by atoms with Gasteiger partial charge in [0.05, 0.1) is 13.2 Å². The molecule has 0 spiro atoms. The van der Waals surface area contributed by atoms with Crippen LogP contribution in [0, 0.1) is 0 Å². The number of ether oxygens (including phenoxy) is 1. The van der Waals surface area contributed by atoms with Crippen LogP contribution in [-0.4, -0.2) is 54.3 Å². The van der Waals surface area contributed by atoms with Gasteiger partial charge in [-0.2, -0.15) is 0 Å². The van der Waals surface area contributed by atoms with Crippen molar-refractivity contribution in [3.63, 3.8) is 0 Å². The third kappa shape index (κ3) is 38.0. The van der Waals surface area contributed by atoms with Gasteiger partial charge in [-0.25, -0.2) is 4.57 Å². The average molecular weight is 732 g/mol. The van der Waals surface area contributed by atoms with E-state index in [2.05, 4.69) is 116 Å². The molecule has 0 aromatic rings. The molecular weight excluding hydrogens is 665 g/mol. The molecule has 9 nitrogen and oxygen atoms in total. The Kier molecular flexibility index (Phi) is 34.5. The number of amides is 1. The van der Waals surface area contributed by atoms with Crippen LogP contribution in [0.3, 0.4) is 0 Å². The number of rotatable bonds is 33. The standard InChI is InChI=1S/C41H66NO8P/c1-3-5-7-9-11-13-15-17-18-19-20-22-23-25-27-29-31-33-40(44)42-35-36-49-51(46,47)50-38-39(43)37-48-41(45)34-32-30-28-26-24-21-16-14-12-10-8-6-4-2/h5-8,11-14,17-18,20-22,24-25,27,39,43H,3-4,9-10,15-16,19,23,26,28-38H2,1-2H3,(H,42,44)(H,46,47)/b7-5-,8-6-,13-11-,14-12-,18-17-,22-20-,24-21-,27-25-. The van der Waals surface area contributed by atoms with E-state index in [0.29, 0.717) is 19.3 Å². The minimum Gasteiger partial charge on any atom is -0.463 e. The summed E-state index contributed by atoms with van der Waals surface area (Å²) in [4.78, 5) is 33.7.